The number of alkyl halides is 1. The fraction of sp³-hybridized carbons (Fsp3) is 0.857. The molecule has 0 aromatic heterocycles. The molecule has 0 unspecified atom stereocenters. The van der Waals surface area contributed by atoms with E-state index in [2.05, 4.69) is 22.6 Å². The molecule has 0 radical (unpaired) electrons. The average molecular weight is 254 g/mol. The quantitative estimate of drug-likeness (QED) is 0.426. The normalized spacial score (nSPS) is 32.4. The summed E-state index contributed by atoms with van der Waals surface area (Å²) in [6.07, 6.45) is 2.04. The zero-order valence-corrected chi connectivity index (χ0v) is 8.13. The molecule has 1 saturated heterocycles. The van der Waals surface area contributed by atoms with Crippen LogP contribution in [0.4, 0.5) is 0 Å². The third kappa shape index (κ3) is 1.62. The van der Waals surface area contributed by atoms with Gasteiger partial charge < -0.3 is 4.74 Å². The maximum absolute atomic E-state index is 10.9. The van der Waals surface area contributed by atoms with Crippen molar-refractivity contribution in [1.82, 2.24) is 0 Å². The first-order chi connectivity index (χ1) is 4.77. The number of cyclic esters (lactones) is 1. The standard InChI is InChI=1S/C7H11IO2/c1-2-5-3-6(4-8)10-7(5)9/h5-6H,2-4H2,1H3/t5-,6-/m1/s1. The fourth-order valence-corrected chi connectivity index (χ4v) is 1.69. The Balaban J connectivity index is 2.44. The SMILES string of the molecule is CC[C@@H]1C[C@H](CI)OC1=O. The zero-order valence-electron chi connectivity index (χ0n) is 5.97. The van der Waals surface area contributed by atoms with Gasteiger partial charge in [-0.05, 0) is 12.8 Å². The van der Waals surface area contributed by atoms with Crippen LogP contribution in [0, 0.1) is 5.92 Å². The third-order valence-corrected chi connectivity index (χ3v) is 2.81. The molecule has 1 heterocycles. The van der Waals surface area contributed by atoms with E-state index in [1.165, 1.54) is 0 Å². The first-order valence-electron chi connectivity index (χ1n) is 3.54. The molecule has 1 aliphatic rings. The summed E-state index contributed by atoms with van der Waals surface area (Å²) in [5.74, 6) is 0.184. The predicted molar refractivity (Wildman–Crippen MR) is 47.2 cm³/mol. The number of esters is 1. The van der Waals surface area contributed by atoms with Crippen molar-refractivity contribution in [3.8, 4) is 0 Å². The maximum atomic E-state index is 10.9. The van der Waals surface area contributed by atoms with Crippen LogP contribution in [0.15, 0.2) is 0 Å². The van der Waals surface area contributed by atoms with E-state index in [-0.39, 0.29) is 18.0 Å². The zero-order chi connectivity index (χ0) is 7.56. The first-order valence-corrected chi connectivity index (χ1v) is 5.07. The first kappa shape index (κ1) is 8.30. The van der Waals surface area contributed by atoms with Gasteiger partial charge in [0.15, 0.2) is 0 Å². The second kappa shape index (κ2) is 3.55. The molecule has 1 fully saturated rings. The summed E-state index contributed by atoms with van der Waals surface area (Å²) in [4.78, 5) is 10.9. The van der Waals surface area contributed by atoms with Crippen molar-refractivity contribution in [2.24, 2.45) is 5.92 Å². The van der Waals surface area contributed by atoms with Crippen LogP contribution in [0.25, 0.3) is 0 Å². The molecule has 0 spiro atoms. The van der Waals surface area contributed by atoms with Gasteiger partial charge in [0.2, 0.25) is 0 Å². The lowest BCUT2D eigenvalue weighted by atomic mass is 10.0. The number of hydrogen-bond acceptors (Lipinski definition) is 2. The lowest BCUT2D eigenvalue weighted by Crippen LogP contribution is -2.07. The molecule has 0 saturated carbocycles. The second-order valence-electron chi connectivity index (χ2n) is 2.55. The number of rotatable bonds is 2. The number of hydrogen-bond donors (Lipinski definition) is 0. The van der Waals surface area contributed by atoms with Crippen molar-refractivity contribution in [2.45, 2.75) is 25.9 Å². The molecule has 2 atom stereocenters. The Morgan fingerprint density at radius 3 is 2.80 bits per heavy atom. The summed E-state index contributed by atoms with van der Waals surface area (Å²) in [5, 5.41) is 0. The van der Waals surface area contributed by atoms with Gasteiger partial charge in [-0.1, -0.05) is 29.5 Å². The minimum absolute atomic E-state index is 0.00386. The molecule has 0 aliphatic carbocycles. The largest absolute Gasteiger partial charge is 0.461 e. The molecule has 0 amide bonds. The summed E-state index contributed by atoms with van der Waals surface area (Å²) in [6, 6.07) is 0. The summed E-state index contributed by atoms with van der Waals surface area (Å²) >= 11 is 2.25. The second-order valence-corrected chi connectivity index (χ2v) is 3.43. The molecule has 3 heteroatoms. The summed E-state index contributed by atoms with van der Waals surface area (Å²) in [6.45, 7) is 2.03. The van der Waals surface area contributed by atoms with Crippen molar-refractivity contribution in [3.63, 3.8) is 0 Å². The van der Waals surface area contributed by atoms with E-state index in [4.69, 9.17) is 4.74 Å². The molecular formula is C7H11IO2. The monoisotopic (exact) mass is 254 g/mol. The van der Waals surface area contributed by atoms with E-state index < -0.39 is 0 Å². The number of carbonyl (C=O) groups excluding carboxylic acids is 1. The van der Waals surface area contributed by atoms with Crippen LogP contribution in [-0.4, -0.2) is 16.5 Å². The Kier molecular flexibility index (Phi) is 2.95. The highest BCUT2D eigenvalue weighted by molar-refractivity contribution is 14.1. The maximum Gasteiger partial charge on any atom is 0.309 e. The number of carbonyl (C=O) groups is 1. The van der Waals surface area contributed by atoms with Crippen LogP contribution >= 0.6 is 22.6 Å². The van der Waals surface area contributed by atoms with Crippen molar-refractivity contribution >= 4 is 28.6 Å². The van der Waals surface area contributed by atoms with E-state index in [1.54, 1.807) is 0 Å². The Labute approximate surface area is 74.5 Å². The van der Waals surface area contributed by atoms with Crippen LogP contribution in [-0.2, 0) is 9.53 Å². The topological polar surface area (TPSA) is 26.3 Å². The lowest BCUT2D eigenvalue weighted by molar-refractivity contribution is -0.143. The Morgan fingerprint density at radius 2 is 2.50 bits per heavy atom. The van der Waals surface area contributed by atoms with Gasteiger partial charge >= 0.3 is 5.97 Å². The molecule has 10 heavy (non-hydrogen) atoms. The molecule has 0 aromatic carbocycles. The van der Waals surface area contributed by atoms with Gasteiger partial charge in [0, 0.05) is 4.43 Å². The highest BCUT2D eigenvalue weighted by Gasteiger charge is 2.31. The van der Waals surface area contributed by atoms with E-state index in [9.17, 15) is 4.79 Å². The van der Waals surface area contributed by atoms with E-state index in [0.29, 0.717) is 0 Å². The molecule has 0 bridgehead atoms. The van der Waals surface area contributed by atoms with Crippen molar-refractivity contribution in [2.75, 3.05) is 4.43 Å². The van der Waals surface area contributed by atoms with Gasteiger partial charge in [0.1, 0.15) is 6.10 Å². The van der Waals surface area contributed by atoms with Gasteiger partial charge in [-0.15, -0.1) is 0 Å². The van der Waals surface area contributed by atoms with E-state index in [0.717, 1.165) is 17.3 Å². The van der Waals surface area contributed by atoms with Crippen molar-refractivity contribution in [3.05, 3.63) is 0 Å². The van der Waals surface area contributed by atoms with Gasteiger partial charge in [0.25, 0.3) is 0 Å². The highest BCUT2D eigenvalue weighted by atomic mass is 127. The molecule has 58 valence electrons. The van der Waals surface area contributed by atoms with Crippen molar-refractivity contribution < 1.29 is 9.53 Å². The summed E-state index contributed by atoms with van der Waals surface area (Å²) < 4.78 is 6.00. The van der Waals surface area contributed by atoms with Crippen LogP contribution in [0.3, 0.4) is 0 Å². The number of halogens is 1. The average Bonchev–Trinajstić information content (AvgIpc) is 2.30. The third-order valence-electron chi connectivity index (χ3n) is 1.83. The van der Waals surface area contributed by atoms with Gasteiger partial charge in [-0.25, -0.2) is 0 Å². The minimum Gasteiger partial charge on any atom is -0.461 e. The van der Waals surface area contributed by atoms with Crippen LogP contribution < -0.4 is 0 Å². The number of ether oxygens (including phenoxy) is 1. The van der Waals surface area contributed by atoms with E-state index in [1.807, 2.05) is 6.92 Å². The summed E-state index contributed by atoms with van der Waals surface area (Å²) in [7, 11) is 0. The molecule has 1 aliphatic heterocycles. The Morgan fingerprint density at radius 1 is 1.80 bits per heavy atom. The van der Waals surface area contributed by atoms with Crippen molar-refractivity contribution in [1.29, 1.82) is 0 Å². The smallest absolute Gasteiger partial charge is 0.309 e. The predicted octanol–water partition coefficient (Wildman–Crippen LogP) is 1.76. The van der Waals surface area contributed by atoms with Crippen LogP contribution in [0.5, 0.6) is 0 Å². The van der Waals surface area contributed by atoms with Crippen LogP contribution in [0.2, 0.25) is 0 Å². The molecule has 1 rings (SSSR count). The molecular weight excluding hydrogens is 243 g/mol. The Bertz CT molecular complexity index is 136. The minimum atomic E-state index is 0.00386. The molecule has 0 N–H and O–H groups in total. The summed E-state index contributed by atoms with van der Waals surface area (Å²) in [5.41, 5.74) is 0. The highest BCUT2D eigenvalue weighted by Crippen LogP contribution is 2.24. The van der Waals surface area contributed by atoms with Crippen LogP contribution in [0.1, 0.15) is 19.8 Å². The van der Waals surface area contributed by atoms with E-state index >= 15 is 0 Å². The van der Waals surface area contributed by atoms with Gasteiger partial charge in [0.05, 0.1) is 5.92 Å². The molecule has 0 aromatic rings. The fourth-order valence-electron chi connectivity index (χ4n) is 1.15. The molecule has 2 nitrogen and oxygen atoms in total. The Hall–Kier alpha value is 0.200. The lowest BCUT2D eigenvalue weighted by Gasteiger charge is -2.00. The van der Waals surface area contributed by atoms with Gasteiger partial charge in [-0.3, -0.25) is 4.79 Å². The van der Waals surface area contributed by atoms with Gasteiger partial charge in [-0.2, -0.15) is 0 Å².